The van der Waals surface area contributed by atoms with Gasteiger partial charge in [0.1, 0.15) is 0 Å². The van der Waals surface area contributed by atoms with E-state index in [4.69, 9.17) is 4.74 Å². The van der Waals surface area contributed by atoms with Crippen LogP contribution < -0.4 is 0 Å². The van der Waals surface area contributed by atoms with E-state index in [0.717, 1.165) is 36.8 Å². The maximum atomic E-state index is 11.8. The Morgan fingerprint density at radius 2 is 1.03 bits per heavy atom. The van der Waals surface area contributed by atoms with Gasteiger partial charge in [-0.15, -0.1) is 0 Å². The van der Waals surface area contributed by atoms with E-state index in [2.05, 4.69) is 0 Å². The Morgan fingerprint density at radius 3 is 1.45 bits per heavy atom. The van der Waals surface area contributed by atoms with Crippen molar-refractivity contribution < 1.29 is 14.3 Å². The molecular weight excluding hydrogens is 360 g/mol. The largest absolute Gasteiger partial charge is 0.381 e. The lowest BCUT2D eigenvalue weighted by molar-refractivity contribution is -0.115. The molecule has 152 valence electrons. The number of carbonyl (C=O) groups excluding carboxylic acids is 2. The minimum absolute atomic E-state index is 0.149. The van der Waals surface area contributed by atoms with Crippen LogP contribution >= 0.6 is 0 Å². The quantitative estimate of drug-likeness (QED) is 0.297. The van der Waals surface area contributed by atoms with Crippen molar-refractivity contribution in [2.24, 2.45) is 0 Å². The first kappa shape index (κ1) is 22.5. The average molecular weight is 391 g/mol. The Kier molecular flexibility index (Phi) is 11.1. The molecule has 0 aromatic heterocycles. The standard InChI is InChI=1S/C26H30O3/c27-25(19-17-23-11-3-1-4-12-23)15-7-9-21-29-22-10-8-16-26(28)20-18-24-13-5-2-6-14-24/h1-6,11-14,17-20H,7-10,15-16,21-22H2. The first-order valence-electron chi connectivity index (χ1n) is 10.3. The van der Waals surface area contributed by atoms with E-state index in [1.165, 1.54) is 0 Å². The van der Waals surface area contributed by atoms with Crippen LogP contribution in [0.15, 0.2) is 72.8 Å². The lowest BCUT2D eigenvalue weighted by Crippen LogP contribution is -2.00. The fraction of sp³-hybridized carbons (Fsp3) is 0.308. The lowest BCUT2D eigenvalue weighted by Gasteiger charge is -2.03. The van der Waals surface area contributed by atoms with Gasteiger partial charge >= 0.3 is 0 Å². The molecule has 0 unspecified atom stereocenters. The van der Waals surface area contributed by atoms with Crippen molar-refractivity contribution in [3.8, 4) is 0 Å². The third-order valence-corrected chi connectivity index (χ3v) is 4.45. The van der Waals surface area contributed by atoms with Crippen molar-refractivity contribution in [1.29, 1.82) is 0 Å². The Balaban J connectivity index is 1.43. The second-order valence-electron chi connectivity index (χ2n) is 6.95. The molecule has 2 aromatic rings. The van der Waals surface area contributed by atoms with Crippen molar-refractivity contribution in [3.63, 3.8) is 0 Å². The summed E-state index contributed by atoms with van der Waals surface area (Å²) in [6, 6.07) is 19.7. The third kappa shape index (κ3) is 11.0. The number of benzene rings is 2. The smallest absolute Gasteiger partial charge is 0.155 e. The van der Waals surface area contributed by atoms with Gasteiger partial charge < -0.3 is 4.74 Å². The second kappa shape index (κ2) is 14.3. The number of allylic oxidation sites excluding steroid dienone is 2. The van der Waals surface area contributed by atoms with Gasteiger partial charge in [-0.1, -0.05) is 72.8 Å². The van der Waals surface area contributed by atoms with Crippen LogP contribution in [-0.4, -0.2) is 24.8 Å². The number of carbonyl (C=O) groups is 2. The summed E-state index contributed by atoms with van der Waals surface area (Å²) in [4.78, 5) is 23.7. The summed E-state index contributed by atoms with van der Waals surface area (Å²) in [5, 5.41) is 0. The normalized spacial score (nSPS) is 11.3. The van der Waals surface area contributed by atoms with E-state index in [0.29, 0.717) is 26.1 Å². The highest BCUT2D eigenvalue weighted by Crippen LogP contribution is 2.06. The molecule has 0 N–H and O–H groups in total. The van der Waals surface area contributed by atoms with E-state index in [1.807, 2.05) is 72.8 Å². The maximum absolute atomic E-state index is 11.8. The van der Waals surface area contributed by atoms with E-state index in [9.17, 15) is 9.59 Å². The molecule has 2 rings (SSSR count). The van der Waals surface area contributed by atoms with E-state index >= 15 is 0 Å². The Bertz CT molecular complexity index is 709. The number of ketones is 2. The SMILES string of the molecule is O=C(C=Cc1ccccc1)CCCCOCCCCC(=O)C=Cc1ccccc1. The van der Waals surface area contributed by atoms with Crippen molar-refractivity contribution in [2.45, 2.75) is 38.5 Å². The second-order valence-corrected chi connectivity index (χ2v) is 6.95. The van der Waals surface area contributed by atoms with Gasteiger partial charge in [0.2, 0.25) is 0 Å². The lowest BCUT2D eigenvalue weighted by atomic mass is 10.1. The van der Waals surface area contributed by atoms with Gasteiger partial charge in [0.25, 0.3) is 0 Å². The van der Waals surface area contributed by atoms with E-state index in [1.54, 1.807) is 12.2 Å². The molecule has 0 aliphatic rings. The van der Waals surface area contributed by atoms with Crippen LogP contribution in [-0.2, 0) is 14.3 Å². The van der Waals surface area contributed by atoms with Gasteiger partial charge in [-0.05, 0) is 49.0 Å². The molecule has 0 heterocycles. The summed E-state index contributed by atoms with van der Waals surface area (Å²) >= 11 is 0. The van der Waals surface area contributed by atoms with Gasteiger partial charge in [-0.3, -0.25) is 9.59 Å². The molecule has 3 nitrogen and oxygen atoms in total. The zero-order valence-electron chi connectivity index (χ0n) is 17.0. The van der Waals surface area contributed by atoms with Crippen LogP contribution in [0.3, 0.4) is 0 Å². The molecule has 0 radical (unpaired) electrons. The zero-order chi connectivity index (χ0) is 20.6. The summed E-state index contributed by atoms with van der Waals surface area (Å²) in [7, 11) is 0. The Labute approximate surface area is 174 Å². The summed E-state index contributed by atoms with van der Waals surface area (Å²) in [6.45, 7) is 1.33. The van der Waals surface area contributed by atoms with Crippen molar-refractivity contribution in [2.75, 3.05) is 13.2 Å². The zero-order valence-corrected chi connectivity index (χ0v) is 17.0. The molecule has 0 aliphatic heterocycles. The molecule has 0 atom stereocenters. The topological polar surface area (TPSA) is 43.4 Å². The number of hydrogen-bond donors (Lipinski definition) is 0. The summed E-state index contributed by atoms with van der Waals surface area (Å²) in [5.41, 5.74) is 2.08. The van der Waals surface area contributed by atoms with Crippen LogP contribution in [0.1, 0.15) is 49.7 Å². The fourth-order valence-electron chi connectivity index (χ4n) is 2.78. The predicted molar refractivity (Wildman–Crippen MR) is 119 cm³/mol. The molecular formula is C26H30O3. The van der Waals surface area contributed by atoms with Crippen LogP contribution in [0.25, 0.3) is 12.2 Å². The molecule has 0 fully saturated rings. The summed E-state index contributed by atoms with van der Waals surface area (Å²) in [5.74, 6) is 0.298. The minimum Gasteiger partial charge on any atom is -0.381 e. The average Bonchev–Trinajstić information content (AvgIpc) is 2.76. The Hall–Kier alpha value is -2.78. The van der Waals surface area contributed by atoms with Crippen molar-refractivity contribution in [1.82, 2.24) is 0 Å². The van der Waals surface area contributed by atoms with Crippen LogP contribution in [0.4, 0.5) is 0 Å². The number of rotatable bonds is 14. The summed E-state index contributed by atoms with van der Waals surface area (Å²) in [6.07, 6.45) is 11.5. The maximum Gasteiger partial charge on any atom is 0.155 e. The van der Waals surface area contributed by atoms with Crippen LogP contribution in [0.5, 0.6) is 0 Å². The van der Waals surface area contributed by atoms with E-state index < -0.39 is 0 Å². The van der Waals surface area contributed by atoms with Gasteiger partial charge in [0.15, 0.2) is 11.6 Å². The molecule has 0 amide bonds. The molecule has 3 heteroatoms. The molecule has 0 bridgehead atoms. The molecule has 0 saturated heterocycles. The van der Waals surface area contributed by atoms with Crippen molar-refractivity contribution in [3.05, 3.63) is 83.9 Å². The summed E-state index contributed by atoms with van der Waals surface area (Å²) < 4.78 is 5.60. The van der Waals surface area contributed by atoms with Gasteiger partial charge in [-0.2, -0.15) is 0 Å². The van der Waals surface area contributed by atoms with E-state index in [-0.39, 0.29) is 11.6 Å². The Morgan fingerprint density at radius 1 is 0.621 bits per heavy atom. The highest BCUT2D eigenvalue weighted by Gasteiger charge is 1.99. The van der Waals surface area contributed by atoms with Gasteiger partial charge in [-0.25, -0.2) is 0 Å². The molecule has 29 heavy (non-hydrogen) atoms. The number of hydrogen-bond acceptors (Lipinski definition) is 3. The predicted octanol–water partition coefficient (Wildman–Crippen LogP) is 5.91. The fourth-order valence-corrected chi connectivity index (χ4v) is 2.78. The molecule has 0 aliphatic carbocycles. The third-order valence-electron chi connectivity index (χ3n) is 4.45. The molecule has 2 aromatic carbocycles. The highest BCUT2D eigenvalue weighted by atomic mass is 16.5. The number of unbranched alkanes of at least 4 members (excludes halogenated alkanes) is 2. The first-order chi connectivity index (χ1) is 14.2. The monoisotopic (exact) mass is 390 g/mol. The first-order valence-corrected chi connectivity index (χ1v) is 10.3. The molecule has 0 spiro atoms. The van der Waals surface area contributed by atoms with Crippen LogP contribution in [0.2, 0.25) is 0 Å². The van der Waals surface area contributed by atoms with Crippen molar-refractivity contribution >= 4 is 23.7 Å². The van der Waals surface area contributed by atoms with Gasteiger partial charge in [0.05, 0.1) is 0 Å². The number of ether oxygens (including phenoxy) is 1. The van der Waals surface area contributed by atoms with Crippen LogP contribution in [0, 0.1) is 0 Å². The highest BCUT2D eigenvalue weighted by molar-refractivity contribution is 5.93. The minimum atomic E-state index is 0.149. The molecule has 0 saturated carbocycles. The van der Waals surface area contributed by atoms with Gasteiger partial charge in [0, 0.05) is 26.1 Å².